The number of hydrogen-bond acceptors (Lipinski definition) is 6. The average molecular weight is 284 g/mol. The Hall–Kier alpha value is -2.85. The molecule has 2 aromatic heterocycles. The summed E-state index contributed by atoms with van der Waals surface area (Å²) in [7, 11) is 0. The van der Waals surface area contributed by atoms with Crippen LogP contribution in [0.15, 0.2) is 36.9 Å². The lowest BCUT2D eigenvalue weighted by Gasteiger charge is -2.04. The second-order valence-electron chi connectivity index (χ2n) is 3.76. The van der Waals surface area contributed by atoms with Crippen LogP contribution < -0.4 is 0 Å². The van der Waals surface area contributed by atoms with Crippen LogP contribution in [-0.2, 0) is 0 Å². The molecule has 0 atom stereocenters. The molecule has 0 bridgehead atoms. The summed E-state index contributed by atoms with van der Waals surface area (Å²) in [6, 6.07) is 8.98. The predicted octanol–water partition coefficient (Wildman–Crippen LogP) is 1.64. The summed E-state index contributed by atoms with van der Waals surface area (Å²) in [5.74, 6) is 0.632. The Bertz CT molecular complexity index is 792. The molecule has 3 aromatic rings. The molecule has 0 fully saturated rings. The van der Waals surface area contributed by atoms with Crippen LogP contribution in [-0.4, -0.2) is 29.7 Å². The largest absolute Gasteiger partial charge is 0.256 e. The molecule has 0 amide bonds. The molecular weight excluding hydrogens is 278 g/mol. The fraction of sp³-hybridized carbons (Fsp3) is 0. The number of hydrogen-bond donors (Lipinski definition) is 0. The summed E-state index contributed by atoms with van der Waals surface area (Å²) in [6.45, 7) is 0. The Morgan fingerprint density at radius 1 is 1.20 bits per heavy atom. The van der Waals surface area contributed by atoms with Gasteiger partial charge in [0.25, 0.3) is 5.95 Å². The molecule has 7 nitrogen and oxygen atoms in total. The lowest BCUT2D eigenvalue weighted by atomic mass is 10.1. The van der Waals surface area contributed by atoms with Gasteiger partial charge in [-0.25, -0.2) is 4.98 Å². The minimum atomic E-state index is 0.0443. The average Bonchev–Trinajstić information content (AvgIpc) is 3.01. The summed E-state index contributed by atoms with van der Waals surface area (Å²) in [4.78, 5) is 16.1. The van der Waals surface area contributed by atoms with Gasteiger partial charge in [-0.05, 0) is 23.7 Å². The van der Waals surface area contributed by atoms with Crippen LogP contribution in [0.2, 0.25) is 5.28 Å². The fourth-order valence-corrected chi connectivity index (χ4v) is 1.77. The van der Waals surface area contributed by atoms with Crippen molar-refractivity contribution in [2.75, 3.05) is 0 Å². The van der Waals surface area contributed by atoms with Gasteiger partial charge in [0.05, 0.1) is 11.6 Å². The summed E-state index contributed by atoms with van der Waals surface area (Å²) < 4.78 is 1.38. The highest BCUT2D eigenvalue weighted by Gasteiger charge is 2.09. The Morgan fingerprint density at radius 2 is 2.10 bits per heavy atom. The lowest BCUT2D eigenvalue weighted by molar-refractivity contribution is 0.796. The zero-order valence-electron chi connectivity index (χ0n) is 9.97. The van der Waals surface area contributed by atoms with Crippen LogP contribution in [0.5, 0.6) is 0 Å². The van der Waals surface area contributed by atoms with Gasteiger partial charge in [-0.3, -0.25) is 0 Å². The molecule has 0 saturated heterocycles. The van der Waals surface area contributed by atoms with E-state index < -0.39 is 0 Å². The van der Waals surface area contributed by atoms with Crippen molar-refractivity contribution in [3.63, 3.8) is 0 Å². The maximum absolute atomic E-state index is 8.92. The molecule has 0 aliphatic carbocycles. The SMILES string of the molecule is N#Cc1cccc(-c2nc(Cl)nc(-n3cncn3)n2)c1. The van der Waals surface area contributed by atoms with Gasteiger partial charge in [-0.2, -0.15) is 30.0 Å². The molecule has 0 saturated carbocycles. The first kappa shape index (κ1) is 12.2. The van der Waals surface area contributed by atoms with Crippen LogP contribution in [0.4, 0.5) is 0 Å². The number of rotatable bonds is 2. The molecule has 96 valence electrons. The number of nitriles is 1. The normalized spacial score (nSPS) is 10.2. The van der Waals surface area contributed by atoms with E-state index >= 15 is 0 Å². The zero-order chi connectivity index (χ0) is 13.9. The van der Waals surface area contributed by atoms with E-state index in [1.54, 1.807) is 24.3 Å². The second-order valence-corrected chi connectivity index (χ2v) is 4.10. The lowest BCUT2D eigenvalue weighted by Crippen LogP contribution is -2.05. The van der Waals surface area contributed by atoms with Gasteiger partial charge in [-0.15, -0.1) is 0 Å². The van der Waals surface area contributed by atoms with Crippen molar-refractivity contribution >= 4 is 11.6 Å². The van der Waals surface area contributed by atoms with Crippen LogP contribution in [0.3, 0.4) is 0 Å². The monoisotopic (exact) mass is 283 g/mol. The highest BCUT2D eigenvalue weighted by Crippen LogP contribution is 2.18. The van der Waals surface area contributed by atoms with Crippen LogP contribution in [0.1, 0.15) is 5.56 Å². The summed E-state index contributed by atoms with van der Waals surface area (Å²) in [5, 5.41) is 12.9. The zero-order valence-corrected chi connectivity index (χ0v) is 10.7. The van der Waals surface area contributed by atoms with E-state index in [1.165, 1.54) is 17.3 Å². The quantitative estimate of drug-likeness (QED) is 0.710. The van der Waals surface area contributed by atoms with Gasteiger partial charge < -0.3 is 0 Å². The van der Waals surface area contributed by atoms with Crippen molar-refractivity contribution in [3.05, 3.63) is 47.8 Å². The van der Waals surface area contributed by atoms with E-state index in [1.807, 2.05) is 0 Å². The van der Waals surface area contributed by atoms with E-state index in [-0.39, 0.29) is 11.2 Å². The molecule has 1 aromatic carbocycles. The first-order valence-corrected chi connectivity index (χ1v) is 5.91. The molecule has 2 heterocycles. The van der Waals surface area contributed by atoms with E-state index in [2.05, 4.69) is 31.1 Å². The number of benzene rings is 1. The third-order valence-electron chi connectivity index (χ3n) is 2.47. The Morgan fingerprint density at radius 3 is 2.85 bits per heavy atom. The Labute approximate surface area is 118 Å². The van der Waals surface area contributed by atoms with E-state index in [0.717, 1.165) is 0 Å². The van der Waals surface area contributed by atoms with Crippen molar-refractivity contribution in [3.8, 4) is 23.4 Å². The van der Waals surface area contributed by atoms with Crippen molar-refractivity contribution in [2.24, 2.45) is 0 Å². The maximum Gasteiger partial charge on any atom is 0.256 e. The summed E-state index contributed by atoms with van der Waals surface area (Å²) in [6.07, 6.45) is 2.83. The van der Waals surface area contributed by atoms with Crippen LogP contribution >= 0.6 is 11.6 Å². The molecule has 20 heavy (non-hydrogen) atoms. The number of nitrogens with zero attached hydrogens (tertiary/aromatic N) is 7. The summed E-state index contributed by atoms with van der Waals surface area (Å²) in [5.41, 5.74) is 1.19. The fourth-order valence-electron chi connectivity index (χ4n) is 1.61. The molecule has 0 unspecified atom stereocenters. The Kier molecular flexibility index (Phi) is 3.07. The van der Waals surface area contributed by atoms with Crippen molar-refractivity contribution in [1.29, 1.82) is 5.26 Å². The third-order valence-corrected chi connectivity index (χ3v) is 2.64. The van der Waals surface area contributed by atoms with E-state index in [9.17, 15) is 0 Å². The van der Waals surface area contributed by atoms with Gasteiger partial charge in [0, 0.05) is 5.56 Å². The minimum Gasteiger partial charge on any atom is -0.223 e. The topological polar surface area (TPSA) is 93.2 Å². The number of aromatic nitrogens is 6. The first-order chi connectivity index (χ1) is 9.76. The van der Waals surface area contributed by atoms with Crippen LogP contribution in [0.25, 0.3) is 17.3 Å². The first-order valence-electron chi connectivity index (χ1n) is 5.53. The second kappa shape index (κ2) is 5.03. The van der Waals surface area contributed by atoms with Gasteiger partial charge in [-0.1, -0.05) is 12.1 Å². The standard InChI is InChI=1S/C12H6ClN7/c13-11-17-10(9-3-1-2-8(4-9)5-14)18-12(19-11)20-7-15-6-16-20/h1-4,6-7H. The van der Waals surface area contributed by atoms with Crippen molar-refractivity contribution < 1.29 is 0 Å². The molecule has 0 radical (unpaired) electrons. The van der Waals surface area contributed by atoms with Crippen molar-refractivity contribution in [1.82, 2.24) is 29.7 Å². The molecular formula is C12H6ClN7. The highest BCUT2D eigenvalue weighted by atomic mass is 35.5. The van der Waals surface area contributed by atoms with Gasteiger partial charge in [0.15, 0.2) is 5.82 Å². The maximum atomic E-state index is 8.92. The predicted molar refractivity (Wildman–Crippen MR) is 69.9 cm³/mol. The minimum absolute atomic E-state index is 0.0443. The molecule has 0 spiro atoms. The van der Waals surface area contributed by atoms with Crippen LogP contribution in [0, 0.1) is 11.3 Å². The van der Waals surface area contributed by atoms with E-state index in [0.29, 0.717) is 17.0 Å². The molecule has 8 heteroatoms. The van der Waals surface area contributed by atoms with E-state index in [4.69, 9.17) is 16.9 Å². The van der Waals surface area contributed by atoms with Gasteiger partial charge in [0.1, 0.15) is 12.7 Å². The van der Waals surface area contributed by atoms with Crippen molar-refractivity contribution in [2.45, 2.75) is 0 Å². The molecule has 0 aliphatic rings. The molecule has 0 aliphatic heterocycles. The molecule has 0 N–H and O–H groups in total. The molecule has 3 rings (SSSR count). The smallest absolute Gasteiger partial charge is 0.223 e. The number of halogens is 1. The van der Waals surface area contributed by atoms with Gasteiger partial charge in [0.2, 0.25) is 5.28 Å². The third kappa shape index (κ3) is 2.32. The Balaban J connectivity index is 2.12. The summed E-state index contributed by atoms with van der Waals surface area (Å²) >= 11 is 5.90. The van der Waals surface area contributed by atoms with Gasteiger partial charge >= 0.3 is 0 Å². The highest BCUT2D eigenvalue weighted by molar-refractivity contribution is 6.28.